The Bertz CT molecular complexity index is 491. The van der Waals surface area contributed by atoms with E-state index >= 15 is 0 Å². The van der Waals surface area contributed by atoms with Crippen LogP contribution in [0.1, 0.15) is 12.0 Å². The van der Waals surface area contributed by atoms with Crippen molar-refractivity contribution in [3.63, 3.8) is 0 Å². The van der Waals surface area contributed by atoms with Gasteiger partial charge in [0.2, 0.25) is 0 Å². The van der Waals surface area contributed by atoms with Crippen LogP contribution in [0.15, 0.2) is 22.7 Å². The fraction of sp³-hybridized carbons (Fsp3) is 0.533. The van der Waals surface area contributed by atoms with E-state index in [9.17, 15) is 4.79 Å². The SMILES string of the molecule is COC(=O)CCN1CCN(Cc2ccc(Br)cc2Cl)CC1. The van der Waals surface area contributed by atoms with Crippen LogP contribution in [0.4, 0.5) is 0 Å². The Balaban J connectivity index is 1.77. The number of ether oxygens (including phenoxy) is 1. The Morgan fingerprint density at radius 1 is 1.29 bits per heavy atom. The van der Waals surface area contributed by atoms with Gasteiger partial charge in [-0.25, -0.2) is 0 Å². The zero-order chi connectivity index (χ0) is 15.2. The van der Waals surface area contributed by atoms with Gasteiger partial charge in [0, 0.05) is 48.8 Å². The normalized spacial score (nSPS) is 16.9. The van der Waals surface area contributed by atoms with Gasteiger partial charge in [0.05, 0.1) is 13.5 Å². The number of hydrogen-bond donors (Lipinski definition) is 0. The molecular weight excluding hydrogens is 356 g/mol. The first-order chi connectivity index (χ1) is 10.1. The molecule has 1 saturated heterocycles. The Morgan fingerprint density at radius 2 is 1.95 bits per heavy atom. The molecule has 0 radical (unpaired) electrons. The number of benzene rings is 1. The van der Waals surface area contributed by atoms with E-state index in [1.54, 1.807) is 0 Å². The quantitative estimate of drug-likeness (QED) is 0.741. The lowest BCUT2D eigenvalue weighted by Crippen LogP contribution is -2.46. The molecule has 4 nitrogen and oxygen atoms in total. The van der Waals surface area contributed by atoms with Crippen LogP contribution >= 0.6 is 27.5 Å². The second-order valence-electron chi connectivity index (χ2n) is 5.18. The lowest BCUT2D eigenvalue weighted by atomic mass is 10.2. The van der Waals surface area contributed by atoms with Crippen molar-refractivity contribution >= 4 is 33.5 Å². The van der Waals surface area contributed by atoms with Gasteiger partial charge in [0.25, 0.3) is 0 Å². The molecule has 0 aliphatic carbocycles. The molecule has 1 aliphatic heterocycles. The average Bonchev–Trinajstić information content (AvgIpc) is 2.49. The third-order valence-electron chi connectivity index (χ3n) is 3.73. The molecule has 0 aromatic heterocycles. The molecule has 1 aliphatic rings. The molecule has 0 spiro atoms. The number of carbonyl (C=O) groups excluding carboxylic acids is 1. The second kappa shape index (κ2) is 8.13. The van der Waals surface area contributed by atoms with Crippen LogP contribution < -0.4 is 0 Å². The largest absolute Gasteiger partial charge is 0.469 e. The van der Waals surface area contributed by atoms with Crippen LogP contribution in [0, 0.1) is 0 Å². The summed E-state index contributed by atoms with van der Waals surface area (Å²) in [4.78, 5) is 15.8. The number of nitrogens with zero attached hydrogens (tertiary/aromatic N) is 2. The lowest BCUT2D eigenvalue weighted by molar-refractivity contribution is -0.141. The van der Waals surface area contributed by atoms with Crippen LogP contribution in [0.3, 0.4) is 0 Å². The number of esters is 1. The molecule has 116 valence electrons. The molecule has 0 saturated carbocycles. The maximum atomic E-state index is 11.1. The topological polar surface area (TPSA) is 32.8 Å². The van der Waals surface area contributed by atoms with Crippen molar-refractivity contribution in [2.24, 2.45) is 0 Å². The van der Waals surface area contributed by atoms with Gasteiger partial charge >= 0.3 is 5.97 Å². The predicted octanol–water partition coefficient (Wildman–Crippen LogP) is 2.78. The Kier molecular flexibility index (Phi) is 6.48. The van der Waals surface area contributed by atoms with Gasteiger partial charge < -0.3 is 9.64 Å². The summed E-state index contributed by atoms with van der Waals surface area (Å²) in [6, 6.07) is 6.02. The van der Waals surface area contributed by atoms with E-state index in [2.05, 4.69) is 36.5 Å². The molecule has 6 heteroatoms. The molecule has 1 aromatic rings. The Hall–Kier alpha value is -0.620. The minimum Gasteiger partial charge on any atom is -0.469 e. The molecular formula is C15H20BrClN2O2. The van der Waals surface area contributed by atoms with E-state index in [1.807, 2.05) is 12.1 Å². The van der Waals surface area contributed by atoms with E-state index < -0.39 is 0 Å². The molecule has 21 heavy (non-hydrogen) atoms. The van der Waals surface area contributed by atoms with Crippen LogP contribution in [-0.4, -0.2) is 55.6 Å². The molecule has 1 aromatic carbocycles. The third-order valence-corrected chi connectivity index (χ3v) is 4.58. The summed E-state index contributed by atoms with van der Waals surface area (Å²) in [6.45, 7) is 5.59. The zero-order valence-electron chi connectivity index (χ0n) is 12.1. The van der Waals surface area contributed by atoms with Gasteiger partial charge in [-0.3, -0.25) is 9.69 Å². The maximum absolute atomic E-state index is 11.1. The van der Waals surface area contributed by atoms with E-state index in [0.29, 0.717) is 6.42 Å². The molecule has 0 amide bonds. The summed E-state index contributed by atoms with van der Waals surface area (Å²) in [5, 5.41) is 0.803. The number of carbonyl (C=O) groups is 1. The monoisotopic (exact) mass is 374 g/mol. The first kappa shape index (κ1) is 16.7. The van der Waals surface area contributed by atoms with Crippen LogP contribution in [0.2, 0.25) is 5.02 Å². The van der Waals surface area contributed by atoms with E-state index in [4.69, 9.17) is 11.6 Å². The number of hydrogen-bond acceptors (Lipinski definition) is 4. The fourth-order valence-electron chi connectivity index (χ4n) is 2.41. The van der Waals surface area contributed by atoms with Crippen molar-refractivity contribution in [2.45, 2.75) is 13.0 Å². The van der Waals surface area contributed by atoms with Gasteiger partial charge in [-0.15, -0.1) is 0 Å². The van der Waals surface area contributed by atoms with Gasteiger partial charge in [-0.1, -0.05) is 33.6 Å². The van der Waals surface area contributed by atoms with Gasteiger partial charge in [0.1, 0.15) is 0 Å². The highest BCUT2D eigenvalue weighted by molar-refractivity contribution is 9.10. The minimum absolute atomic E-state index is 0.140. The molecule has 0 bridgehead atoms. The summed E-state index contributed by atoms with van der Waals surface area (Å²) in [6.07, 6.45) is 0.467. The zero-order valence-corrected chi connectivity index (χ0v) is 14.5. The molecule has 0 N–H and O–H groups in total. The van der Waals surface area contributed by atoms with Crippen molar-refractivity contribution in [2.75, 3.05) is 39.8 Å². The van der Waals surface area contributed by atoms with Gasteiger partial charge in [-0.05, 0) is 17.7 Å². The molecule has 0 atom stereocenters. The number of piperazine rings is 1. The minimum atomic E-state index is -0.140. The highest BCUT2D eigenvalue weighted by Crippen LogP contribution is 2.23. The van der Waals surface area contributed by atoms with Crippen molar-refractivity contribution < 1.29 is 9.53 Å². The number of halogens is 2. The van der Waals surface area contributed by atoms with Crippen molar-refractivity contribution in [1.29, 1.82) is 0 Å². The summed E-state index contributed by atoms with van der Waals surface area (Å²) >= 11 is 9.68. The number of methoxy groups -OCH3 is 1. The first-order valence-electron chi connectivity index (χ1n) is 7.04. The summed E-state index contributed by atoms with van der Waals surface area (Å²) in [7, 11) is 1.43. The van der Waals surface area contributed by atoms with Crippen LogP contribution in [0.5, 0.6) is 0 Å². The van der Waals surface area contributed by atoms with Crippen molar-refractivity contribution in [1.82, 2.24) is 9.80 Å². The first-order valence-corrected chi connectivity index (χ1v) is 8.21. The van der Waals surface area contributed by atoms with Crippen LogP contribution in [-0.2, 0) is 16.1 Å². The summed E-state index contributed by atoms with van der Waals surface area (Å²) < 4.78 is 5.67. The summed E-state index contributed by atoms with van der Waals surface area (Å²) in [5.41, 5.74) is 1.16. The lowest BCUT2D eigenvalue weighted by Gasteiger charge is -2.34. The number of rotatable bonds is 5. The highest BCUT2D eigenvalue weighted by atomic mass is 79.9. The smallest absolute Gasteiger partial charge is 0.306 e. The molecule has 1 heterocycles. The van der Waals surface area contributed by atoms with Crippen molar-refractivity contribution in [3.05, 3.63) is 33.3 Å². The van der Waals surface area contributed by atoms with E-state index in [0.717, 1.165) is 54.3 Å². The van der Waals surface area contributed by atoms with E-state index in [-0.39, 0.29) is 5.97 Å². The predicted molar refractivity (Wildman–Crippen MR) is 87.5 cm³/mol. The Morgan fingerprint density at radius 3 is 2.57 bits per heavy atom. The molecule has 0 unspecified atom stereocenters. The second-order valence-corrected chi connectivity index (χ2v) is 6.50. The maximum Gasteiger partial charge on any atom is 0.306 e. The fourth-order valence-corrected chi connectivity index (χ4v) is 3.15. The average molecular weight is 376 g/mol. The highest BCUT2D eigenvalue weighted by Gasteiger charge is 2.18. The van der Waals surface area contributed by atoms with Gasteiger partial charge in [-0.2, -0.15) is 0 Å². The van der Waals surface area contributed by atoms with E-state index in [1.165, 1.54) is 7.11 Å². The van der Waals surface area contributed by atoms with Crippen molar-refractivity contribution in [3.8, 4) is 0 Å². The molecule has 1 fully saturated rings. The van der Waals surface area contributed by atoms with Crippen LogP contribution in [0.25, 0.3) is 0 Å². The standard InChI is InChI=1S/C15H20BrClN2O2/c1-21-15(20)4-5-18-6-8-19(9-7-18)11-12-2-3-13(16)10-14(12)17/h2-3,10H,4-9,11H2,1H3. The third kappa shape index (κ3) is 5.25. The van der Waals surface area contributed by atoms with Gasteiger partial charge in [0.15, 0.2) is 0 Å². The molecule has 2 rings (SSSR count). The summed E-state index contributed by atoms with van der Waals surface area (Å²) in [5.74, 6) is -0.140. The Labute approximate surface area is 139 Å².